The summed E-state index contributed by atoms with van der Waals surface area (Å²) in [7, 11) is 0. The minimum Gasteiger partial charge on any atom is -0.381 e. The SMILES string of the molecule is CC(NC(=O)c1ccn[nH]1)c1nnc(N2CCOC[C@H]2C)cc1C1CCOCC1. The summed E-state index contributed by atoms with van der Waals surface area (Å²) in [4.78, 5) is 14.7. The number of nitrogens with one attached hydrogen (secondary N) is 2. The topological polar surface area (TPSA) is 105 Å². The summed E-state index contributed by atoms with van der Waals surface area (Å²) >= 11 is 0. The summed E-state index contributed by atoms with van der Waals surface area (Å²) in [5.74, 6) is 1.01. The van der Waals surface area contributed by atoms with Crippen LogP contribution in [0, 0.1) is 0 Å². The minimum absolute atomic E-state index is 0.208. The number of amides is 1. The average Bonchev–Trinajstić information content (AvgIpc) is 3.29. The Balaban J connectivity index is 1.61. The lowest BCUT2D eigenvalue weighted by Crippen LogP contribution is -2.44. The van der Waals surface area contributed by atoms with Crippen LogP contribution in [0.3, 0.4) is 0 Å². The maximum atomic E-state index is 12.5. The zero-order chi connectivity index (χ0) is 20.2. The molecule has 4 rings (SSSR count). The van der Waals surface area contributed by atoms with Gasteiger partial charge in [0.15, 0.2) is 5.82 Å². The van der Waals surface area contributed by atoms with Gasteiger partial charge in [0.05, 0.1) is 31.0 Å². The van der Waals surface area contributed by atoms with Gasteiger partial charge >= 0.3 is 0 Å². The van der Waals surface area contributed by atoms with Crippen molar-refractivity contribution < 1.29 is 14.3 Å². The summed E-state index contributed by atoms with van der Waals surface area (Å²) in [5.41, 5.74) is 2.39. The van der Waals surface area contributed by atoms with Gasteiger partial charge in [0, 0.05) is 26.0 Å². The van der Waals surface area contributed by atoms with Crippen molar-refractivity contribution in [3.63, 3.8) is 0 Å². The van der Waals surface area contributed by atoms with Crippen LogP contribution in [0.5, 0.6) is 0 Å². The van der Waals surface area contributed by atoms with Crippen molar-refractivity contribution in [2.24, 2.45) is 0 Å². The molecule has 0 radical (unpaired) electrons. The summed E-state index contributed by atoms with van der Waals surface area (Å²) in [6.07, 6.45) is 3.45. The molecule has 2 aliphatic rings. The highest BCUT2D eigenvalue weighted by atomic mass is 16.5. The highest BCUT2D eigenvalue weighted by Crippen LogP contribution is 2.33. The van der Waals surface area contributed by atoms with Crippen LogP contribution in [0.4, 0.5) is 5.82 Å². The number of carbonyl (C=O) groups excluding carboxylic acids is 1. The third-order valence-electron chi connectivity index (χ3n) is 5.67. The number of aromatic amines is 1. The second-order valence-electron chi connectivity index (χ2n) is 7.71. The van der Waals surface area contributed by atoms with Gasteiger partial charge in [-0.2, -0.15) is 10.2 Å². The number of morpholine rings is 1. The average molecular weight is 400 g/mol. The molecule has 2 saturated heterocycles. The van der Waals surface area contributed by atoms with Crippen LogP contribution >= 0.6 is 0 Å². The number of anilines is 1. The van der Waals surface area contributed by atoms with Crippen LogP contribution in [0.2, 0.25) is 0 Å². The largest absolute Gasteiger partial charge is 0.381 e. The normalized spacial score (nSPS) is 21.7. The van der Waals surface area contributed by atoms with Crippen molar-refractivity contribution in [2.45, 2.75) is 44.7 Å². The van der Waals surface area contributed by atoms with Crippen molar-refractivity contribution in [3.05, 3.63) is 35.3 Å². The van der Waals surface area contributed by atoms with Gasteiger partial charge in [0.1, 0.15) is 5.69 Å². The predicted octanol–water partition coefficient (Wildman–Crippen LogP) is 1.81. The second-order valence-corrected chi connectivity index (χ2v) is 7.71. The van der Waals surface area contributed by atoms with Crippen molar-refractivity contribution >= 4 is 11.7 Å². The van der Waals surface area contributed by atoms with Gasteiger partial charge in [-0.05, 0) is 50.3 Å². The predicted molar refractivity (Wildman–Crippen MR) is 107 cm³/mol. The van der Waals surface area contributed by atoms with E-state index in [4.69, 9.17) is 9.47 Å². The molecule has 2 aromatic heterocycles. The minimum atomic E-state index is -0.271. The third kappa shape index (κ3) is 4.40. The lowest BCUT2D eigenvalue weighted by atomic mass is 9.89. The van der Waals surface area contributed by atoms with Crippen molar-refractivity contribution in [2.75, 3.05) is 37.9 Å². The molecule has 0 bridgehead atoms. The number of H-pyrrole nitrogens is 1. The third-order valence-corrected chi connectivity index (χ3v) is 5.67. The molecule has 2 fully saturated rings. The van der Waals surface area contributed by atoms with Crippen LogP contribution < -0.4 is 10.2 Å². The number of hydrogen-bond donors (Lipinski definition) is 2. The molecule has 4 heterocycles. The van der Waals surface area contributed by atoms with E-state index in [0.717, 1.165) is 49.7 Å². The lowest BCUT2D eigenvalue weighted by molar-refractivity contribution is 0.0845. The molecule has 2 N–H and O–H groups in total. The molecule has 0 spiro atoms. The molecule has 29 heavy (non-hydrogen) atoms. The fourth-order valence-electron chi connectivity index (χ4n) is 4.01. The molecule has 1 amide bonds. The summed E-state index contributed by atoms with van der Waals surface area (Å²) < 4.78 is 11.1. The van der Waals surface area contributed by atoms with Crippen LogP contribution in [-0.2, 0) is 9.47 Å². The summed E-state index contributed by atoms with van der Waals surface area (Å²) in [5, 5.41) is 18.6. The Morgan fingerprint density at radius 2 is 2.10 bits per heavy atom. The Labute approximate surface area is 170 Å². The zero-order valence-electron chi connectivity index (χ0n) is 16.9. The van der Waals surface area contributed by atoms with E-state index in [0.29, 0.717) is 24.8 Å². The Kier molecular flexibility index (Phi) is 6.05. The van der Waals surface area contributed by atoms with E-state index in [9.17, 15) is 4.79 Å². The fourth-order valence-corrected chi connectivity index (χ4v) is 4.01. The standard InChI is InChI=1S/C20H28N6O3/c1-13-12-29-10-7-26(13)18-11-16(15-4-8-28-9-5-15)19(25-24-18)14(2)22-20(27)17-3-6-21-23-17/h3,6,11,13-15H,4-5,7-10,12H2,1-2H3,(H,21,23)(H,22,27)/t13-,14?/m1/s1. The van der Waals surface area contributed by atoms with E-state index < -0.39 is 0 Å². The number of hydrogen-bond acceptors (Lipinski definition) is 7. The lowest BCUT2D eigenvalue weighted by Gasteiger charge is -2.35. The molecular weight excluding hydrogens is 372 g/mol. The Morgan fingerprint density at radius 3 is 2.83 bits per heavy atom. The van der Waals surface area contributed by atoms with E-state index >= 15 is 0 Å². The highest BCUT2D eigenvalue weighted by molar-refractivity contribution is 5.92. The van der Waals surface area contributed by atoms with Gasteiger partial charge < -0.3 is 19.7 Å². The van der Waals surface area contributed by atoms with Gasteiger partial charge in [-0.1, -0.05) is 0 Å². The van der Waals surface area contributed by atoms with E-state index in [1.807, 2.05) is 6.92 Å². The van der Waals surface area contributed by atoms with Crippen LogP contribution in [-0.4, -0.2) is 65.3 Å². The van der Waals surface area contributed by atoms with Gasteiger partial charge in [0.2, 0.25) is 0 Å². The molecule has 9 heteroatoms. The van der Waals surface area contributed by atoms with Crippen LogP contribution in [0.1, 0.15) is 60.4 Å². The molecule has 2 atom stereocenters. The van der Waals surface area contributed by atoms with Gasteiger partial charge in [-0.25, -0.2) is 0 Å². The maximum Gasteiger partial charge on any atom is 0.269 e. The van der Waals surface area contributed by atoms with E-state index in [1.54, 1.807) is 12.3 Å². The van der Waals surface area contributed by atoms with Gasteiger partial charge in [-0.3, -0.25) is 9.89 Å². The molecule has 0 aliphatic carbocycles. The molecule has 2 aromatic rings. The van der Waals surface area contributed by atoms with E-state index in [1.165, 1.54) is 0 Å². The highest BCUT2D eigenvalue weighted by Gasteiger charge is 2.27. The Morgan fingerprint density at radius 1 is 1.28 bits per heavy atom. The van der Waals surface area contributed by atoms with Crippen molar-refractivity contribution in [3.8, 4) is 0 Å². The maximum absolute atomic E-state index is 12.5. The summed E-state index contributed by atoms with van der Waals surface area (Å²) in [6.45, 7) is 7.74. The first-order valence-electron chi connectivity index (χ1n) is 10.2. The van der Waals surface area contributed by atoms with Crippen molar-refractivity contribution in [1.82, 2.24) is 25.7 Å². The number of rotatable bonds is 5. The number of carbonyl (C=O) groups is 1. The second kappa shape index (κ2) is 8.87. The van der Waals surface area contributed by atoms with Crippen molar-refractivity contribution in [1.29, 1.82) is 0 Å². The Bertz CT molecular complexity index is 822. The summed E-state index contributed by atoms with van der Waals surface area (Å²) in [6, 6.07) is 3.78. The fraction of sp³-hybridized carbons (Fsp3) is 0.600. The molecule has 156 valence electrons. The smallest absolute Gasteiger partial charge is 0.269 e. The monoisotopic (exact) mass is 400 g/mol. The first-order valence-corrected chi connectivity index (χ1v) is 10.2. The van der Waals surface area contributed by atoms with Gasteiger partial charge in [-0.15, -0.1) is 5.10 Å². The zero-order valence-corrected chi connectivity index (χ0v) is 16.9. The molecule has 9 nitrogen and oxygen atoms in total. The number of ether oxygens (including phenoxy) is 2. The number of nitrogens with zero attached hydrogens (tertiary/aromatic N) is 4. The van der Waals surface area contributed by atoms with Crippen LogP contribution in [0.15, 0.2) is 18.3 Å². The first kappa shape index (κ1) is 19.8. The molecule has 0 aromatic carbocycles. The first-order chi connectivity index (χ1) is 14.1. The van der Waals surface area contributed by atoms with Crippen LogP contribution in [0.25, 0.3) is 0 Å². The Hall–Kier alpha value is -2.52. The number of aromatic nitrogens is 4. The van der Waals surface area contributed by atoms with Gasteiger partial charge in [0.25, 0.3) is 5.91 Å². The quantitative estimate of drug-likeness (QED) is 0.788. The molecular formula is C20H28N6O3. The molecule has 0 saturated carbocycles. The van der Waals surface area contributed by atoms with E-state index in [-0.39, 0.29) is 18.0 Å². The van der Waals surface area contributed by atoms with E-state index in [2.05, 4.69) is 43.6 Å². The molecule has 1 unspecified atom stereocenters. The molecule has 2 aliphatic heterocycles.